The van der Waals surface area contributed by atoms with Gasteiger partial charge < -0.3 is 18.8 Å². The van der Waals surface area contributed by atoms with Crippen LogP contribution in [-0.4, -0.2) is 4.57 Å². The third-order valence-corrected chi connectivity index (χ3v) is 17.8. The highest BCUT2D eigenvalue weighted by molar-refractivity contribution is 6.18. The Bertz CT molecular complexity index is 5560. The van der Waals surface area contributed by atoms with Gasteiger partial charge in [0.15, 0.2) is 0 Å². The monoisotopic (exact) mass is 1120 g/mol. The molecule has 0 saturated heterocycles. The second-order valence-corrected chi connectivity index (χ2v) is 23.7. The molecule has 0 bridgehead atoms. The van der Waals surface area contributed by atoms with Crippen LogP contribution < -0.4 is 9.80 Å². The molecule has 87 heavy (non-hydrogen) atoms. The van der Waals surface area contributed by atoms with E-state index >= 15 is 0 Å². The second kappa shape index (κ2) is 19.8. The van der Waals surface area contributed by atoms with E-state index in [2.05, 4.69) is 231 Å². The van der Waals surface area contributed by atoms with Gasteiger partial charge in [0.2, 0.25) is 0 Å². The molecule has 15 aromatic rings. The molecule has 0 spiro atoms. The number of rotatable bonds is 8. The summed E-state index contributed by atoms with van der Waals surface area (Å²) >= 11 is 0. The van der Waals surface area contributed by atoms with Crippen molar-refractivity contribution >= 4 is 77.9 Å². The lowest BCUT2D eigenvalue weighted by Crippen LogP contribution is -2.31. The standard InChI is InChI=1S/C83H59N3O/c1-83(2,3)59-45-47-73-69(49-59)78-68-48-58(53-26-9-4-10-27-53)44-46-72(68)85(80-61(54-28-11-5-12-29-54)39-25-40-62(80)55-30-13-6-14-31-55)74-50-60(84-70-41-22-19-36-63(70)64-37-20-23-42-71(64)84)51-75(79(74)78)86(73)81-66(56-32-15-7-16-33-56)52-67-65-38-21-24-43-76(65)87-82(67)77(81)57-34-17-8-18-35-57/h4-52,78H,1-3H3/i19D,20D,22D,23D,36D,37D,41D,42D. The van der Waals surface area contributed by atoms with Gasteiger partial charge in [0.25, 0.3) is 0 Å². The Morgan fingerprint density at radius 1 is 0.379 bits per heavy atom. The first-order valence-electron chi connectivity index (χ1n) is 33.6. The molecule has 0 saturated carbocycles. The highest BCUT2D eigenvalue weighted by Crippen LogP contribution is 2.65. The first-order chi connectivity index (χ1) is 46.2. The maximum absolute atomic E-state index is 9.99. The molecular formula is C83H59N3O. The number of fused-ring (bicyclic) bond motifs is 10. The summed E-state index contributed by atoms with van der Waals surface area (Å²) < 4.78 is 85.3. The van der Waals surface area contributed by atoms with Gasteiger partial charge in [0, 0.05) is 55.3 Å². The summed E-state index contributed by atoms with van der Waals surface area (Å²) in [5.41, 5.74) is 20.2. The Hall–Kier alpha value is -10.9. The second-order valence-electron chi connectivity index (χ2n) is 23.7. The zero-order valence-corrected chi connectivity index (χ0v) is 48.0. The molecule has 4 heteroatoms. The quantitative estimate of drug-likeness (QED) is 0.152. The molecule has 1 unspecified atom stereocenters. The van der Waals surface area contributed by atoms with Crippen molar-refractivity contribution in [1.82, 2.24) is 4.57 Å². The van der Waals surface area contributed by atoms with Gasteiger partial charge >= 0.3 is 0 Å². The van der Waals surface area contributed by atoms with E-state index in [-0.39, 0.29) is 39.3 Å². The zero-order valence-electron chi connectivity index (χ0n) is 56.0. The summed E-state index contributed by atoms with van der Waals surface area (Å²) in [6.45, 7) is 6.76. The van der Waals surface area contributed by atoms with Crippen LogP contribution in [0, 0.1) is 0 Å². The molecule has 412 valence electrons. The molecule has 0 amide bonds. The van der Waals surface area contributed by atoms with E-state index in [0.29, 0.717) is 11.3 Å². The number of furan rings is 1. The fourth-order valence-corrected chi connectivity index (χ4v) is 13.8. The minimum Gasteiger partial charge on any atom is -0.455 e. The van der Waals surface area contributed by atoms with Gasteiger partial charge in [-0.05, 0) is 110 Å². The van der Waals surface area contributed by atoms with Gasteiger partial charge in [-0.2, -0.15) is 0 Å². The van der Waals surface area contributed by atoms with Crippen LogP contribution in [0.1, 0.15) is 59.9 Å². The van der Waals surface area contributed by atoms with Gasteiger partial charge in [-0.1, -0.05) is 263 Å². The number of hydrogen-bond acceptors (Lipinski definition) is 3. The molecule has 2 aliphatic heterocycles. The first-order valence-corrected chi connectivity index (χ1v) is 29.6. The van der Waals surface area contributed by atoms with Crippen molar-refractivity contribution in [3.8, 4) is 61.3 Å². The van der Waals surface area contributed by atoms with Gasteiger partial charge in [0.1, 0.15) is 11.2 Å². The molecule has 2 aromatic heterocycles. The summed E-state index contributed by atoms with van der Waals surface area (Å²) in [6.07, 6.45) is 0. The lowest BCUT2D eigenvalue weighted by Gasteiger charge is -2.47. The normalized spacial score (nSPS) is 14.8. The van der Waals surface area contributed by atoms with Crippen LogP contribution in [0.5, 0.6) is 0 Å². The Morgan fingerprint density at radius 2 is 0.874 bits per heavy atom. The van der Waals surface area contributed by atoms with Crippen molar-refractivity contribution in [2.75, 3.05) is 9.80 Å². The molecule has 0 radical (unpaired) electrons. The van der Waals surface area contributed by atoms with E-state index < -0.39 is 42.2 Å². The Kier molecular flexibility index (Phi) is 9.76. The maximum atomic E-state index is 9.99. The average Bonchev–Trinajstić information content (AvgIpc) is 1.54. The van der Waals surface area contributed by atoms with E-state index in [4.69, 9.17) is 7.16 Å². The first kappa shape index (κ1) is 42.8. The topological polar surface area (TPSA) is 24.6 Å². The average molecular weight is 1120 g/mol. The fraction of sp³-hybridized carbons (Fsp3) is 0.0602. The van der Waals surface area contributed by atoms with Crippen LogP contribution >= 0.6 is 0 Å². The molecule has 0 aliphatic carbocycles. The van der Waals surface area contributed by atoms with Gasteiger partial charge in [-0.3, -0.25) is 0 Å². The van der Waals surface area contributed by atoms with Crippen LogP contribution in [0.15, 0.2) is 301 Å². The van der Waals surface area contributed by atoms with Crippen LogP contribution in [0.25, 0.3) is 105 Å². The number of nitrogens with zero attached hydrogens (tertiary/aromatic N) is 3. The summed E-state index contributed by atoms with van der Waals surface area (Å²) in [6, 6.07) is 83.4. The summed E-state index contributed by atoms with van der Waals surface area (Å²) in [4.78, 5) is 4.78. The van der Waals surface area contributed by atoms with Crippen molar-refractivity contribution in [2.45, 2.75) is 32.1 Å². The Labute approximate surface area is 518 Å². The minimum atomic E-state index is -0.513. The highest BCUT2D eigenvalue weighted by Gasteiger charge is 2.45. The lowest BCUT2D eigenvalue weighted by atomic mass is 9.73. The number of hydrogen-bond donors (Lipinski definition) is 0. The summed E-state index contributed by atoms with van der Waals surface area (Å²) in [7, 11) is 0. The molecule has 13 aromatic carbocycles. The number of para-hydroxylation sites is 4. The maximum Gasteiger partial charge on any atom is 0.145 e. The molecule has 4 heterocycles. The van der Waals surface area contributed by atoms with Gasteiger partial charge in [-0.25, -0.2) is 0 Å². The number of aromatic nitrogens is 1. The predicted octanol–water partition coefficient (Wildman–Crippen LogP) is 23.1. The summed E-state index contributed by atoms with van der Waals surface area (Å²) in [5.74, 6) is -0.482. The van der Waals surface area contributed by atoms with Crippen molar-refractivity contribution < 1.29 is 15.4 Å². The van der Waals surface area contributed by atoms with Gasteiger partial charge in [-0.15, -0.1) is 0 Å². The number of anilines is 6. The molecular weight excluding hydrogens is 1050 g/mol. The smallest absolute Gasteiger partial charge is 0.145 e. The van der Waals surface area contributed by atoms with Crippen LogP contribution in [0.4, 0.5) is 34.1 Å². The molecule has 0 N–H and O–H groups in total. The Balaban J connectivity index is 1.13. The predicted molar refractivity (Wildman–Crippen MR) is 364 cm³/mol. The van der Waals surface area contributed by atoms with Gasteiger partial charge in [0.05, 0.1) is 61.8 Å². The third-order valence-electron chi connectivity index (χ3n) is 17.8. The van der Waals surface area contributed by atoms with E-state index in [0.717, 1.165) is 128 Å². The highest BCUT2D eigenvalue weighted by atomic mass is 16.3. The summed E-state index contributed by atoms with van der Waals surface area (Å²) in [5, 5.41) is 1.88. The van der Waals surface area contributed by atoms with E-state index in [9.17, 15) is 8.22 Å². The van der Waals surface area contributed by atoms with Crippen molar-refractivity contribution in [3.63, 3.8) is 0 Å². The lowest BCUT2D eigenvalue weighted by molar-refractivity contribution is 0.589. The fourth-order valence-electron chi connectivity index (χ4n) is 13.8. The SMILES string of the molecule is [2H]c1c([2H])c([2H])c2c(c1[2H])c1c([2H])c([2H])c([2H])c([2H])c1n2-c1cc2c3c(c1)N(c1c(-c4ccccc4)cc4c(oc5ccccc54)c1-c1ccccc1)c1ccc(C(C)(C)C)cc1C3c1cc(-c3ccccc3)ccc1N2c1c(-c2ccccc2)cccc1-c1ccccc1. The van der Waals surface area contributed by atoms with Crippen LogP contribution in [-0.2, 0) is 5.41 Å². The molecule has 17 rings (SSSR count). The van der Waals surface area contributed by atoms with E-state index in [1.807, 2.05) is 48.5 Å². The van der Waals surface area contributed by atoms with Crippen molar-refractivity contribution in [1.29, 1.82) is 0 Å². The van der Waals surface area contributed by atoms with Crippen molar-refractivity contribution in [2.24, 2.45) is 0 Å². The molecule has 1 atom stereocenters. The van der Waals surface area contributed by atoms with E-state index in [1.54, 1.807) is 4.57 Å². The third kappa shape index (κ3) is 7.98. The molecule has 2 aliphatic rings. The van der Waals surface area contributed by atoms with E-state index in [1.165, 1.54) is 0 Å². The van der Waals surface area contributed by atoms with Crippen molar-refractivity contribution in [3.05, 3.63) is 319 Å². The molecule has 0 fully saturated rings. The number of benzene rings is 13. The molecule has 4 nitrogen and oxygen atoms in total. The van der Waals surface area contributed by atoms with Crippen LogP contribution in [0.3, 0.4) is 0 Å². The zero-order chi connectivity index (χ0) is 64.9. The Morgan fingerprint density at radius 3 is 1.46 bits per heavy atom. The minimum absolute atomic E-state index is 0.0105. The van der Waals surface area contributed by atoms with Crippen LogP contribution in [0.2, 0.25) is 0 Å². The largest absolute Gasteiger partial charge is 0.455 e.